The number of H-pyrrole nitrogens is 1. The third-order valence-electron chi connectivity index (χ3n) is 8.22. The molecule has 1 unspecified atom stereocenters. The number of rotatable bonds is 8. The summed E-state index contributed by atoms with van der Waals surface area (Å²) in [5, 5.41) is 9.34. The van der Waals surface area contributed by atoms with Gasteiger partial charge in [-0.15, -0.1) is 0 Å². The lowest BCUT2D eigenvalue weighted by Gasteiger charge is -2.45. The number of para-hydroxylation sites is 1. The number of benzene rings is 2. The van der Waals surface area contributed by atoms with Crippen LogP contribution in [0.15, 0.2) is 66.9 Å². The van der Waals surface area contributed by atoms with Crippen molar-refractivity contribution in [1.29, 1.82) is 0 Å². The highest BCUT2D eigenvalue weighted by molar-refractivity contribution is 6.07. The average molecular weight is 574 g/mol. The van der Waals surface area contributed by atoms with Gasteiger partial charge in [0.1, 0.15) is 11.6 Å². The van der Waals surface area contributed by atoms with Crippen molar-refractivity contribution < 1.29 is 22.8 Å². The van der Waals surface area contributed by atoms with Gasteiger partial charge in [0.25, 0.3) is 5.91 Å². The topological polar surface area (TPSA) is 98.9 Å². The van der Waals surface area contributed by atoms with E-state index in [2.05, 4.69) is 25.9 Å². The summed E-state index contributed by atoms with van der Waals surface area (Å²) in [5.41, 5.74) is 5.17. The van der Waals surface area contributed by atoms with Gasteiger partial charge in [-0.1, -0.05) is 30.3 Å². The summed E-state index contributed by atoms with van der Waals surface area (Å²) in [5.74, 6) is -2.39. The zero-order valence-electron chi connectivity index (χ0n) is 22.9. The number of alkyl halides is 2. The summed E-state index contributed by atoms with van der Waals surface area (Å²) in [7, 11) is 0. The molecule has 1 fully saturated rings. The Morgan fingerprint density at radius 1 is 1.10 bits per heavy atom. The van der Waals surface area contributed by atoms with Gasteiger partial charge >= 0.3 is 0 Å². The van der Waals surface area contributed by atoms with Gasteiger partial charge in [-0.2, -0.15) is 0 Å². The third-order valence-corrected chi connectivity index (χ3v) is 8.22. The maximum Gasteiger partial charge on any atom is 0.255 e. The molecule has 10 heteroatoms. The number of amides is 2. The molecular weight excluding hydrogens is 543 g/mol. The Bertz CT molecular complexity index is 1650. The van der Waals surface area contributed by atoms with Crippen molar-refractivity contribution in [3.63, 3.8) is 0 Å². The van der Waals surface area contributed by atoms with Crippen molar-refractivity contribution in [2.45, 2.75) is 56.9 Å². The molecule has 1 aliphatic carbocycles. The van der Waals surface area contributed by atoms with Crippen molar-refractivity contribution >= 4 is 29.0 Å². The standard InChI is InChI=1S/C32H30F3N5O2/c1-18-5-2-3-6-23(18)37-29-27-24(17-32(12-4-13-32)40-31(27)42)38-28(29)20-11-14-36-26(15-20)39-30(41)22(16-25(34)35)19-7-9-21(33)10-8-19/h2-3,5-11,14-15,22,25,37-38H,4,12-13,16-17H2,1H3,(H,40,42)(H,36,39,41). The van der Waals surface area contributed by atoms with E-state index in [0.717, 1.165) is 48.3 Å². The minimum atomic E-state index is -2.74. The predicted molar refractivity (Wildman–Crippen MR) is 155 cm³/mol. The van der Waals surface area contributed by atoms with E-state index in [0.29, 0.717) is 28.9 Å². The van der Waals surface area contributed by atoms with Crippen LogP contribution in [0.4, 0.5) is 30.4 Å². The molecule has 2 aromatic heterocycles. The van der Waals surface area contributed by atoms with Gasteiger partial charge in [-0.05, 0) is 67.6 Å². The number of carbonyl (C=O) groups is 2. The Morgan fingerprint density at radius 3 is 2.55 bits per heavy atom. The fourth-order valence-corrected chi connectivity index (χ4v) is 5.85. The van der Waals surface area contributed by atoms with Crippen molar-refractivity contribution in [1.82, 2.24) is 15.3 Å². The molecule has 3 heterocycles. The molecular formula is C32H30F3N5O2. The van der Waals surface area contributed by atoms with Crippen molar-refractivity contribution in [3.05, 3.63) is 95.1 Å². The fourth-order valence-electron chi connectivity index (χ4n) is 5.85. The monoisotopic (exact) mass is 573 g/mol. The summed E-state index contributed by atoms with van der Waals surface area (Å²) in [6, 6.07) is 16.1. The SMILES string of the molecule is Cc1ccccc1Nc1c(-c2ccnc(NC(=O)C(CC(F)F)c3ccc(F)cc3)c2)[nH]c2c1C(=O)NC1(CCC1)C2. The van der Waals surface area contributed by atoms with E-state index in [9.17, 15) is 22.8 Å². The van der Waals surface area contributed by atoms with Gasteiger partial charge in [-0.3, -0.25) is 9.59 Å². The lowest BCUT2D eigenvalue weighted by Crippen LogP contribution is -2.57. The number of aromatic nitrogens is 2. The third kappa shape index (κ3) is 5.36. The highest BCUT2D eigenvalue weighted by Gasteiger charge is 2.45. The van der Waals surface area contributed by atoms with Crippen LogP contribution in [0.3, 0.4) is 0 Å². The van der Waals surface area contributed by atoms with E-state index in [1.54, 1.807) is 12.1 Å². The molecule has 6 rings (SSSR count). The van der Waals surface area contributed by atoms with E-state index >= 15 is 0 Å². The van der Waals surface area contributed by atoms with E-state index in [4.69, 9.17) is 0 Å². The average Bonchev–Trinajstić information content (AvgIpc) is 3.31. The number of fused-ring (bicyclic) bond motifs is 1. The molecule has 2 amide bonds. The van der Waals surface area contributed by atoms with Crippen LogP contribution in [0.2, 0.25) is 0 Å². The van der Waals surface area contributed by atoms with Gasteiger partial charge in [0.2, 0.25) is 12.3 Å². The van der Waals surface area contributed by atoms with Gasteiger partial charge in [0, 0.05) is 41.5 Å². The highest BCUT2D eigenvalue weighted by atomic mass is 19.3. The minimum Gasteiger partial charge on any atom is -0.356 e. The molecule has 4 aromatic rings. The highest BCUT2D eigenvalue weighted by Crippen LogP contribution is 2.44. The molecule has 42 heavy (non-hydrogen) atoms. The molecule has 7 nitrogen and oxygen atoms in total. The molecule has 1 atom stereocenters. The second-order valence-electron chi connectivity index (χ2n) is 11.1. The molecule has 1 aliphatic heterocycles. The first-order valence-electron chi connectivity index (χ1n) is 13.9. The number of aromatic amines is 1. The maximum absolute atomic E-state index is 13.4. The zero-order valence-corrected chi connectivity index (χ0v) is 22.9. The van der Waals surface area contributed by atoms with Crippen LogP contribution in [0, 0.1) is 12.7 Å². The molecule has 2 aliphatic rings. The summed E-state index contributed by atoms with van der Waals surface area (Å²) >= 11 is 0. The van der Waals surface area contributed by atoms with Crippen molar-refractivity contribution in [3.8, 4) is 11.3 Å². The maximum atomic E-state index is 13.4. The molecule has 0 radical (unpaired) electrons. The van der Waals surface area contributed by atoms with Gasteiger partial charge in [0.15, 0.2) is 0 Å². The Morgan fingerprint density at radius 2 is 1.86 bits per heavy atom. The number of halogens is 3. The number of nitrogens with one attached hydrogen (secondary N) is 4. The smallest absolute Gasteiger partial charge is 0.255 e. The van der Waals surface area contributed by atoms with Crippen LogP contribution in [0.1, 0.15) is 58.8 Å². The number of hydrogen-bond acceptors (Lipinski definition) is 4. The van der Waals surface area contributed by atoms with Gasteiger partial charge < -0.3 is 20.9 Å². The lowest BCUT2D eigenvalue weighted by molar-refractivity contribution is -0.118. The summed E-state index contributed by atoms with van der Waals surface area (Å²) in [6.45, 7) is 1.97. The first-order chi connectivity index (χ1) is 20.2. The summed E-state index contributed by atoms with van der Waals surface area (Å²) in [6.07, 6.45) is 1.64. The van der Waals surface area contributed by atoms with Crippen LogP contribution in [-0.4, -0.2) is 33.7 Å². The largest absolute Gasteiger partial charge is 0.356 e. The second kappa shape index (κ2) is 11.0. The summed E-state index contributed by atoms with van der Waals surface area (Å²) < 4.78 is 40.2. The first-order valence-corrected chi connectivity index (χ1v) is 13.9. The van der Waals surface area contributed by atoms with E-state index in [1.807, 2.05) is 31.2 Å². The Balaban J connectivity index is 1.35. The molecule has 4 N–H and O–H groups in total. The van der Waals surface area contributed by atoms with Crippen molar-refractivity contribution in [2.75, 3.05) is 10.6 Å². The Labute approximate surface area is 241 Å². The minimum absolute atomic E-state index is 0.147. The number of pyridine rings is 1. The van der Waals surface area contributed by atoms with Crippen LogP contribution in [0.5, 0.6) is 0 Å². The summed E-state index contributed by atoms with van der Waals surface area (Å²) in [4.78, 5) is 34.4. The number of carbonyl (C=O) groups excluding carboxylic acids is 2. The number of nitrogens with zero attached hydrogens (tertiary/aromatic N) is 1. The molecule has 1 saturated carbocycles. The molecule has 0 bridgehead atoms. The van der Waals surface area contributed by atoms with Crippen LogP contribution >= 0.6 is 0 Å². The molecule has 2 aromatic carbocycles. The van der Waals surface area contributed by atoms with Crippen molar-refractivity contribution in [2.24, 2.45) is 0 Å². The number of anilines is 3. The van der Waals surface area contributed by atoms with Gasteiger partial charge in [-0.25, -0.2) is 18.2 Å². The number of hydrogen-bond donors (Lipinski definition) is 4. The molecule has 216 valence electrons. The van der Waals surface area contributed by atoms with Gasteiger partial charge in [0.05, 0.1) is 22.9 Å². The molecule has 1 spiro atoms. The van der Waals surface area contributed by atoms with E-state index in [1.165, 1.54) is 18.3 Å². The number of aryl methyl sites for hydroxylation is 1. The lowest BCUT2D eigenvalue weighted by atomic mass is 9.71. The Kier molecular flexibility index (Phi) is 7.22. The van der Waals surface area contributed by atoms with E-state index < -0.39 is 30.5 Å². The second-order valence-corrected chi connectivity index (χ2v) is 11.1. The fraction of sp³-hybridized carbons (Fsp3) is 0.281. The molecule has 0 saturated heterocycles. The first kappa shape index (κ1) is 27.6. The normalized spacial score (nSPS) is 16.0. The van der Waals surface area contributed by atoms with E-state index in [-0.39, 0.29) is 22.8 Å². The predicted octanol–water partition coefficient (Wildman–Crippen LogP) is 6.85. The quantitative estimate of drug-likeness (QED) is 0.185. The van der Waals surface area contributed by atoms with Crippen LogP contribution in [0.25, 0.3) is 11.3 Å². The Hall–Kier alpha value is -4.60. The van der Waals surface area contributed by atoms with Crippen LogP contribution in [-0.2, 0) is 11.2 Å². The zero-order chi connectivity index (χ0) is 29.4. The van der Waals surface area contributed by atoms with Crippen LogP contribution < -0.4 is 16.0 Å².